The highest BCUT2D eigenvalue weighted by Gasteiger charge is 2.22. The summed E-state index contributed by atoms with van der Waals surface area (Å²) in [5.41, 5.74) is 3.91. The van der Waals surface area contributed by atoms with Crippen molar-refractivity contribution >= 4 is 6.03 Å². The predicted octanol–water partition coefficient (Wildman–Crippen LogP) is 2.44. The highest BCUT2D eigenvalue weighted by molar-refractivity contribution is 5.75. The third-order valence-corrected chi connectivity index (χ3v) is 3.22. The molecule has 2 rings (SSSR count). The van der Waals surface area contributed by atoms with Gasteiger partial charge in [0.25, 0.3) is 0 Å². The molecular weight excluding hydrogens is 252 g/mol. The monoisotopic (exact) mass is 272 g/mol. The molecule has 1 aromatic heterocycles. The standard InChI is InChI=1S/C15H20N4O/c1-4-16-15(20)17-14(12-8-6-5-7-9-12)13-10(2)18-19-11(13)3/h5-9,14H,4H2,1-3H3,(H,18,19)(H2,16,17,20). The summed E-state index contributed by atoms with van der Waals surface area (Å²) in [5, 5.41) is 13.0. The van der Waals surface area contributed by atoms with Crippen molar-refractivity contribution in [2.75, 3.05) is 6.54 Å². The van der Waals surface area contributed by atoms with Crippen LogP contribution in [0, 0.1) is 13.8 Å². The van der Waals surface area contributed by atoms with Crippen molar-refractivity contribution in [2.24, 2.45) is 0 Å². The SMILES string of the molecule is CCNC(=O)NC(c1ccccc1)c1c(C)n[nH]c1C. The maximum atomic E-state index is 11.9. The van der Waals surface area contributed by atoms with Crippen LogP contribution in [-0.2, 0) is 0 Å². The molecule has 0 radical (unpaired) electrons. The van der Waals surface area contributed by atoms with E-state index in [0.717, 1.165) is 22.5 Å². The summed E-state index contributed by atoms with van der Waals surface area (Å²) in [4.78, 5) is 11.9. The van der Waals surface area contributed by atoms with E-state index in [1.807, 2.05) is 51.1 Å². The first kappa shape index (κ1) is 14.1. The number of rotatable bonds is 4. The molecule has 2 aromatic rings. The maximum Gasteiger partial charge on any atom is 0.315 e. The molecule has 5 nitrogen and oxygen atoms in total. The largest absolute Gasteiger partial charge is 0.338 e. The maximum absolute atomic E-state index is 11.9. The number of benzene rings is 1. The summed E-state index contributed by atoms with van der Waals surface area (Å²) in [5.74, 6) is 0. The Morgan fingerprint density at radius 2 is 2.00 bits per heavy atom. The molecule has 0 saturated carbocycles. The predicted molar refractivity (Wildman–Crippen MR) is 78.6 cm³/mol. The number of nitrogens with zero attached hydrogens (tertiary/aromatic N) is 1. The van der Waals surface area contributed by atoms with Gasteiger partial charge in [0.1, 0.15) is 0 Å². The molecule has 5 heteroatoms. The zero-order valence-corrected chi connectivity index (χ0v) is 12.0. The minimum Gasteiger partial charge on any atom is -0.338 e. The van der Waals surface area contributed by atoms with Gasteiger partial charge >= 0.3 is 6.03 Å². The summed E-state index contributed by atoms with van der Waals surface area (Å²) in [6, 6.07) is 9.51. The van der Waals surface area contributed by atoms with Gasteiger partial charge in [0.05, 0.1) is 11.7 Å². The van der Waals surface area contributed by atoms with Crippen molar-refractivity contribution in [3.05, 3.63) is 52.8 Å². The normalized spacial score (nSPS) is 11.9. The second-order valence-corrected chi connectivity index (χ2v) is 4.70. The molecule has 2 amide bonds. The number of nitrogens with one attached hydrogen (secondary N) is 3. The molecule has 1 heterocycles. The first-order chi connectivity index (χ1) is 9.63. The second kappa shape index (κ2) is 6.23. The van der Waals surface area contributed by atoms with Gasteiger partial charge in [-0.3, -0.25) is 5.10 Å². The zero-order chi connectivity index (χ0) is 14.5. The van der Waals surface area contributed by atoms with Crippen LogP contribution in [0.5, 0.6) is 0 Å². The second-order valence-electron chi connectivity index (χ2n) is 4.70. The fourth-order valence-corrected chi connectivity index (χ4v) is 2.30. The number of urea groups is 1. The number of hydrogen-bond donors (Lipinski definition) is 3. The first-order valence-electron chi connectivity index (χ1n) is 6.74. The molecule has 0 spiro atoms. The van der Waals surface area contributed by atoms with Crippen LogP contribution in [0.1, 0.15) is 35.5 Å². The van der Waals surface area contributed by atoms with Crippen LogP contribution in [0.25, 0.3) is 0 Å². The molecule has 1 atom stereocenters. The van der Waals surface area contributed by atoms with E-state index < -0.39 is 0 Å². The minimum absolute atomic E-state index is 0.179. The van der Waals surface area contributed by atoms with Crippen LogP contribution in [0.4, 0.5) is 4.79 Å². The molecule has 1 unspecified atom stereocenters. The Morgan fingerprint density at radius 3 is 2.55 bits per heavy atom. The summed E-state index contributed by atoms with van der Waals surface area (Å²) in [6.45, 7) is 6.39. The quantitative estimate of drug-likeness (QED) is 0.800. The average Bonchev–Trinajstić information content (AvgIpc) is 2.77. The number of amides is 2. The molecule has 20 heavy (non-hydrogen) atoms. The van der Waals surface area contributed by atoms with Gasteiger partial charge in [-0.2, -0.15) is 5.10 Å². The van der Waals surface area contributed by atoms with Crippen molar-refractivity contribution in [1.29, 1.82) is 0 Å². The first-order valence-corrected chi connectivity index (χ1v) is 6.74. The molecular formula is C15H20N4O. The van der Waals surface area contributed by atoms with Gasteiger partial charge in [-0.1, -0.05) is 30.3 Å². The van der Waals surface area contributed by atoms with Crippen LogP contribution in [0.3, 0.4) is 0 Å². The molecule has 106 valence electrons. The summed E-state index contributed by atoms with van der Waals surface area (Å²) in [6.07, 6.45) is 0. The molecule has 1 aromatic carbocycles. The molecule has 0 aliphatic carbocycles. The van der Waals surface area contributed by atoms with E-state index in [0.29, 0.717) is 6.54 Å². The lowest BCUT2D eigenvalue weighted by molar-refractivity contribution is 0.239. The van der Waals surface area contributed by atoms with Crippen molar-refractivity contribution in [2.45, 2.75) is 26.8 Å². The summed E-state index contributed by atoms with van der Waals surface area (Å²) < 4.78 is 0. The lowest BCUT2D eigenvalue weighted by atomic mass is 9.97. The number of hydrogen-bond acceptors (Lipinski definition) is 2. The van der Waals surface area contributed by atoms with Crippen molar-refractivity contribution < 1.29 is 4.79 Å². The van der Waals surface area contributed by atoms with Gasteiger partial charge in [-0.25, -0.2) is 4.79 Å². The van der Waals surface area contributed by atoms with E-state index in [1.54, 1.807) is 0 Å². The minimum atomic E-state index is -0.207. The van der Waals surface area contributed by atoms with E-state index in [4.69, 9.17) is 0 Å². The van der Waals surface area contributed by atoms with Crippen molar-refractivity contribution in [3.63, 3.8) is 0 Å². The topological polar surface area (TPSA) is 69.8 Å². The molecule has 0 bridgehead atoms. The molecule has 0 saturated heterocycles. The van der Waals surface area contributed by atoms with Gasteiger partial charge in [0.15, 0.2) is 0 Å². The number of H-pyrrole nitrogens is 1. The van der Waals surface area contributed by atoms with Gasteiger partial charge in [0.2, 0.25) is 0 Å². The van der Waals surface area contributed by atoms with Gasteiger partial charge in [-0.15, -0.1) is 0 Å². The Hall–Kier alpha value is -2.30. The smallest absolute Gasteiger partial charge is 0.315 e. The molecule has 0 aliphatic heterocycles. The van der Waals surface area contributed by atoms with Gasteiger partial charge in [0, 0.05) is 17.8 Å². The fraction of sp³-hybridized carbons (Fsp3) is 0.333. The average molecular weight is 272 g/mol. The highest BCUT2D eigenvalue weighted by Crippen LogP contribution is 2.26. The Kier molecular flexibility index (Phi) is 4.40. The molecule has 3 N–H and O–H groups in total. The van der Waals surface area contributed by atoms with E-state index in [1.165, 1.54) is 0 Å². The number of aromatic amines is 1. The Labute approximate surface area is 118 Å². The lowest BCUT2D eigenvalue weighted by Gasteiger charge is -2.20. The fourth-order valence-electron chi connectivity index (χ4n) is 2.30. The Bertz CT molecular complexity index is 557. The van der Waals surface area contributed by atoms with E-state index in [2.05, 4.69) is 20.8 Å². The lowest BCUT2D eigenvalue weighted by Crippen LogP contribution is -2.38. The van der Waals surface area contributed by atoms with Crippen molar-refractivity contribution in [1.82, 2.24) is 20.8 Å². The van der Waals surface area contributed by atoms with Crippen LogP contribution in [0.15, 0.2) is 30.3 Å². The Morgan fingerprint density at radius 1 is 1.30 bits per heavy atom. The highest BCUT2D eigenvalue weighted by atomic mass is 16.2. The molecule has 0 fully saturated rings. The van der Waals surface area contributed by atoms with Crippen LogP contribution in [0.2, 0.25) is 0 Å². The zero-order valence-electron chi connectivity index (χ0n) is 12.0. The van der Waals surface area contributed by atoms with E-state index in [9.17, 15) is 4.79 Å². The number of carbonyl (C=O) groups excluding carboxylic acids is 1. The number of carbonyl (C=O) groups is 1. The van der Waals surface area contributed by atoms with Crippen LogP contribution >= 0.6 is 0 Å². The Balaban J connectivity index is 2.37. The van der Waals surface area contributed by atoms with Crippen LogP contribution < -0.4 is 10.6 Å². The molecule has 0 aliphatic rings. The summed E-state index contributed by atoms with van der Waals surface area (Å²) in [7, 11) is 0. The van der Waals surface area contributed by atoms with Gasteiger partial charge < -0.3 is 10.6 Å². The third-order valence-electron chi connectivity index (χ3n) is 3.22. The van der Waals surface area contributed by atoms with E-state index in [-0.39, 0.29) is 12.1 Å². The van der Waals surface area contributed by atoms with Crippen molar-refractivity contribution in [3.8, 4) is 0 Å². The number of aromatic nitrogens is 2. The van der Waals surface area contributed by atoms with Crippen LogP contribution in [-0.4, -0.2) is 22.8 Å². The summed E-state index contributed by atoms with van der Waals surface area (Å²) >= 11 is 0. The van der Waals surface area contributed by atoms with E-state index >= 15 is 0 Å². The third kappa shape index (κ3) is 2.99. The number of aryl methyl sites for hydroxylation is 2. The van der Waals surface area contributed by atoms with Gasteiger partial charge in [-0.05, 0) is 26.3 Å².